The summed E-state index contributed by atoms with van der Waals surface area (Å²) in [7, 11) is 0. The van der Waals surface area contributed by atoms with Crippen LogP contribution in [0.25, 0.3) is 0 Å². The Kier molecular flexibility index (Phi) is 4.37. The van der Waals surface area contributed by atoms with Crippen LogP contribution in [0, 0.1) is 5.92 Å². The quantitative estimate of drug-likeness (QED) is 0.832. The summed E-state index contributed by atoms with van der Waals surface area (Å²) in [4.78, 5) is 0.424. The predicted octanol–water partition coefficient (Wildman–Crippen LogP) is 3.28. The SMILES string of the molecule is NC(=S)c1cccc(OCC2CCCCC2)c1. The van der Waals surface area contributed by atoms with Crippen molar-refractivity contribution in [2.45, 2.75) is 32.1 Å². The summed E-state index contributed by atoms with van der Waals surface area (Å²) in [5, 5.41) is 0. The van der Waals surface area contributed by atoms with Crippen LogP contribution in [0.3, 0.4) is 0 Å². The number of rotatable bonds is 4. The topological polar surface area (TPSA) is 35.2 Å². The highest BCUT2D eigenvalue weighted by Gasteiger charge is 2.13. The lowest BCUT2D eigenvalue weighted by Gasteiger charge is -2.21. The Morgan fingerprint density at radius 3 is 2.76 bits per heavy atom. The van der Waals surface area contributed by atoms with Crippen molar-refractivity contribution in [1.29, 1.82) is 0 Å². The van der Waals surface area contributed by atoms with Gasteiger partial charge in [-0.05, 0) is 30.9 Å². The van der Waals surface area contributed by atoms with Gasteiger partial charge in [0.05, 0.1) is 6.61 Å². The molecule has 1 aromatic rings. The van der Waals surface area contributed by atoms with E-state index in [2.05, 4.69) is 0 Å². The van der Waals surface area contributed by atoms with E-state index in [0.29, 0.717) is 4.99 Å². The van der Waals surface area contributed by atoms with Gasteiger partial charge >= 0.3 is 0 Å². The van der Waals surface area contributed by atoms with Crippen molar-refractivity contribution in [2.24, 2.45) is 11.7 Å². The molecule has 2 rings (SSSR count). The highest BCUT2D eigenvalue weighted by Crippen LogP contribution is 2.24. The molecule has 1 saturated carbocycles. The summed E-state index contributed by atoms with van der Waals surface area (Å²) in [6, 6.07) is 7.73. The lowest BCUT2D eigenvalue weighted by Crippen LogP contribution is -2.15. The van der Waals surface area contributed by atoms with Gasteiger partial charge in [-0.15, -0.1) is 0 Å². The van der Waals surface area contributed by atoms with E-state index in [1.165, 1.54) is 32.1 Å². The Morgan fingerprint density at radius 1 is 1.29 bits per heavy atom. The van der Waals surface area contributed by atoms with Crippen LogP contribution in [0.5, 0.6) is 5.75 Å². The standard InChI is InChI=1S/C14H19NOS/c15-14(17)12-7-4-8-13(9-12)16-10-11-5-2-1-3-6-11/h4,7-9,11H,1-3,5-6,10H2,(H2,15,17). The van der Waals surface area contributed by atoms with Crippen LogP contribution in [0.15, 0.2) is 24.3 Å². The molecule has 2 nitrogen and oxygen atoms in total. The molecule has 0 aliphatic heterocycles. The maximum atomic E-state index is 5.82. The second-order valence-electron chi connectivity index (χ2n) is 4.71. The van der Waals surface area contributed by atoms with E-state index < -0.39 is 0 Å². The molecular weight excluding hydrogens is 230 g/mol. The Hall–Kier alpha value is -1.09. The molecular formula is C14H19NOS. The normalized spacial score (nSPS) is 16.7. The summed E-state index contributed by atoms with van der Waals surface area (Å²) in [5.41, 5.74) is 6.47. The number of nitrogens with two attached hydrogens (primary N) is 1. The Morgan fingerprint density at radius 2 is 2.06 bits per heavy atom. The molecule has 0 amide bonds. The molecule has 0 unspecified atom stereocenters. The number of benzene rings is 1. The maximum Gasteiger partial charge on any atom is 0.120 e. The Bertz CT molecular complexity index is 386. The third-order valence-corrected chi connectivity index (χ3v) is 3.56. The monoisotopic (exact) mass is 249 g/mol. The lowest BCUT2D eigenvalue weighted by molar-refractivity contribution is 0.209. The van der Waals surface area contributed by atoms with Gasteiger partial charge in [0, 0.05) is 5.56 Å². The zero-order chi connectivity index (χ0) is 12.1. The van der Waals surface area contributed by atoms with Gasteiger partial charge in [0.25, 0.3) is 0 Å². The minimum absolute atomic E-state index is 0.424. The first-order chi connectivity index (χ1) is 8.25. The minimum atomic E-state index is 0.424. The fraction of sp³-hybridized carbons (Fsp3) is 0.500. The lowest BCUT2D eigenvalue weighted by atomic mass is 9.90. The van der Waals surface area contributed by atoms with Gasteiger partial charge in [0.15, 0.2) is 0 Å². The average Bonchev–Trinajstić information content (AvgIpc) is 2.38. The van der Waals surface area contributed by atoms with Crippen molar-refractivity contribution >= 4 is 17.2 Å². The zero-order valence-electron chi connectivity index (χ0n) is 10.0. The van der Waals surface area contributed by atoms with E-state index in [4.69, 9.17) is 22.7 Å². The first-order valence-electron chi connectivity index (χ1n) is 6.28. The molecule has 0 radical (unpaired) electrons. The first-order valence-corrected chi connectivity index (χ1v) is 6.69. The van der Waals surface area contributed by atoms with Gasteiger partial charge < -0.3 is 10.5 Å². The van der Waals surface area contributed by atoms with Crippen LogP contribution in [0.1, 0.15) is 37.7 Å². The predicted molar refractivity (Wildman–Crippen MR) is 74.4 cm³/mol. The highest BCUT2D eigenvalue weighted by molar-refractivity contribution is 7.80. The van der Waals surface area contributed by atoms with E-state index in [-0.39, 0.29) is 0 Å². The molecule has 0 spiro atoms. The van der Waals surface area contributed by atoms with Crippen LogP contribution in [-0.2, 0) is 0 Å². The van der Waals surface area contributed by atoms with Crippen LogP contribution in [0.2, 0.25) is 0 Å². The van der Waals surface area contributed by atoms with Crippen molar-refractivity contribution in [2.75, 3.05) is 6.61 Å². The summed E-state index contributed by atoms with van der Waals surface area (Å²) < 4.78 is 5.82. The highest BCUT2D eigenvalue weighted by atomic mass is 32.1. The number of ether oxygens (including phenoxy) is 1. The molecule has 0 aromatic heterocycles. The van der Waals surface area contributed by atoms with Crippen LogP contribution >= 0.6 is 12.2 Å². The second-order valence-corrected chi connectivity index (χ2v) is 5.15. The van der Waals surface area contributed by atoms with E-state index in [1.807, 2.05) is 24.3 Å². The minimum Gasteiger partial charge on any atom is -0.493 e. The fourth-order valence-electron chi connectivity index (χ4n) is 2.31. The number of hydrogen-bond acceptors (Lipinski definition) is 2. The van der Waals surface area contributed by atoms with Crippen LogP contribution in [0.4, 0.5) is 0 Å². The second kappa shape index (κ2) is 6.01. The largest absolute Gasteiger partial charge is 0.493 e. The van der Waals surface area contributed by atoms with Crippen molar-refractivity contribution in [3.05, 3.63) is 29.8 Å². The molecule has 0 heterocycles. The zero-order valence-corrected chi connectivity index (χ0v) is 10.8. The summed E-state index contributed by atoms with van der Waals surface area (Å²) in [6.45, 7) is 0.820. The molecule has 0 bridgehead atoms. The first kappa shape index (κ1) is 12.4. The molecule has 1 aliphatic rings. The maximum absolute atomic E-state index is 5.82. The van der Waals surface area contributed by atoms with Crippen molar-refractivity contribution in [3.8, 4) is 5.75 Å². The molecule has 1 fully saturated rings. The third kappa shape index (κ3) is 3.70. The van der Waals surface area contributed by atoms with Crippen molar-refractivity contribution in [3.63, 3.8) is 0 Å². The van der Waals surface area contributed by atoms with E-state index in [0.717, 1.165) is 23.8 Å². The van der Waals surface area contributed by atoms with Gasteiger partial charge in [-0.3, -0.25) is 0 Å². The molecule has 2 N–H and O–H groups in total. The van der Waals surface area contributed by atoms with E-state index in [1.54, 1.807) is 0 Å². The molecule has 0 atom stereocenters. The Labute approximate surface area is 108 Å². The van der Waals surface area contributed by atoms with Crippen molar-refractivity contribution in [1.82, 2.24) is 0 Å². The van der Waals surface area contributed by atoms with Gasteiger partial charge in [-0.1, -0.05) is 43.6 Å². The molecule has 17 heavy (non-hydrogen) atoms. The summed E-state index contributed by atoms with van der Waals surface area (Å²) in [6.07, 6.45) is 6.68. The van der Waals surface area contributed by atoms with Crippen LogP contribution < -0.4 is 10.5 Å². The summed E-state index contributed by atoms with van der Waals surface area (Å²) in [5.74, 6) is 1.60. The molecule has 3 heteroatoms. The van der Waals surface area contributed by atoms with Gasteiger partial charge in [0.1, 0.15) is 10.7 Å². The van der Waals surface area contributed by atoms with Crippen LogP contribution in [-0.4, -0.2) is 11.6 Å². The fourth-order valence-corrected chi connectivity index (χ4v) is 2.43. The molecule has 1 aromatic carbocycles. The Balaban J connectivity index is 1.89. The average molecular weight is 249 g/mol. The molecule has 1 aliphatic carbocycles. The molecule has 0 saturated heterocycles. The third-order valence-electron chi connectivity index (χ3n) is 3.33. The van der Waals surface area contributed by atoms with Gasteiger partial charge in [0.2, 0.25) is 0 Å². The number of thiocarbonyl (C=S) groups is 1. The van der Waals surface area contributed by atoms with E-state index >= 15 is 0 Å². The molecule has 92 valence electrons. The smallest absolute Gasteiger partial charge is 0.120 e. The van der Waals surface area contributed by atoms with Gasteiger partial charge in [-0.25, -0.2) is 0 Å². The van der Waals surface area contributed by atoms with Crippen molar-refractivity contribution < 1.29 is 4.74 Å². The summed E-state index contributed by atoms with van der Waals surface area (Å²) >= 11 is 4.95. The number of hydrogen-bond donors (Lipinski definition) is 1. The van der Waals surface area contributed by atoms with Gasteiger partial charge in [-0.2, -0.15) is 0 Å². The van der Waals surface area contributed by atoms with E-state index in [9.17, 15) is 0 Å².